The van der Waals surface area contributed by atoms with Gasteiger partial charge in [-0.2, -0.15) is 0 Å². The van der Waals surface area contributed by atoms with Crippen LogP contribution in [0, 0.1) is 5.82 Å². The van der Waals surface area contributed by atoms with Crippen LogP contribution in [0.4, 0.5) is 10.2 Å². The Morgan fingerprint density at radius 2 is 2.10 bits per heavy atom. The lowest BCUT2D eigenvalue weighted by Crippen LogP contribution is -2.35. The second-order valence-corrected chi connectivity index (χ2v) is 6.61. The summed E-state index contributed by atoms with van der Waals surface area (Å²) < 4.78 is 14.3. The zero-order valence-electron chi connectivity index (χ0n) is 12.6. The molecule has 0 aromatic carbocycles. The number of anilines is 1. The van der Waals surface area contributed by atoms with Crippen LogP contribution in [0.3, 0.4) is 0 Å². The molecule has 2 aromatic heterocycles. The minimum absolute atomic E-state index is 0.0477. The van der Waals surface area contributed by atoms with Crippen LogP contribution in [0.1, 0.15) is 32.0 Å². The molecule has 0 aliphatic rings. The Hall–Kier alpha value is -1.53. The van der Waals surface area contributed by atoms with E-state index in [2.05, 4.69) is 41.4 Å². The molecule has 0 spiro atoms. The molecule has 0 aliphatic carbocycles. The van der Waals surface area contributed by atoms with Gasteiger partial charge in [0.05, 0.1) is 11.2 Å². The Bertz CT molecular complexity index is 564. The predicted molar refractivity (Wildman–Crippen MR) is 85.1 cm³/mol. The second-order valence-electron chi connectivity index (χ2n) is 5.89. The highest BCUT2D eigenvalue weighted by Gasteiger charge is 2.13. The van der Waals surface area contributed by atoms with Crippen LogP contribution in [0.25, 0.3) is 0 Å². The van der Waals surface area contributed by atoms with E-state index in [1.807, 2.05) is 5.38 Å². The first-order valence-electron chi connectivity index (χ1n) is 6.95. The molecule has 2 rings (SSSR count). The Labute approximate surface area is 128 Å². The lowest BCUT2D eigenvalue weighted by molar-refractivity contribution is 0.418. The molecule has 0 amide bonds. The van der Waals surface area contributed by atoms with Gasteiger partial charge in [-0.25, -0.2) is 14.4 Å². The number of aromatic nitrogens is 2. The topological polar surface area (TPSA) is 49.8 Å². The molecule has 6 heteroatoms. The summed E-state index contributed by atoms with van der Waals surface area (Å²) in [5, 5.41) is 8.32. The second kappa shape index (κ2) is 6.95. The first-order chi connectivity index (χ1) is 9.96. The molecule has 0 radical (unpaired) electrons. The van der Waals surface area contributed by atoms with Gasteiger partial charge in [0.1, 0.15) is 0 Å². The Balaban J connectivity index is 1.93. The average molecular weight is 308 g/mol. The molecule has 2 N–H and O–H groups in total. The molecule has 2 heterocycles. The van der Waals surface area contributed by atoms with Gasteiger partial charge in [0, 0.05) is 42.2 Å². The molecule has 0 fully saturated rings. The standard InChI is InChI=1S/C15H21FN4S/c1-15(2,3)20-8-11-4-6-17-14(13(11)16)18-7-5-12-9-21-10-19-12/h4,6,9-10,20H,5,7-8H2,1-3H3,(H,17,18). The summed E-state index contributed by atoms with van der Waals surface area (Å²) in [5.41, 5.74) is 3.38. The van der Waals surface area contributed by atoms with Crippen molar-refractivity contribution in [1.29, 1.82) is 0 Å². The quantitative estimate of drug-likeness (QED) is 0.860. The summed E-state index contributed by atoms with van der Waals surface area (Å²) in [5.74, 6) is 0.0194. The minimum atomic E-state index is -0.285. The van der Waals surface area contributed by atoms with E-state index in [1.165, 1.54) is 0 Å². The van der Waals surface area contributed by atoms with Crippen LogP contribution in [-0.2, 0) is 13.0 Å². The maximum Gasteiger partial charge on any atom is 0.169 e. The molecular weight excluding hydrogens is 287 g/mol. The summed E-state index contributed by atoms with van der Waals surface area (Å²) in [6.45, 7) is 7.26. The van der Waals surface area contributed by atoms with Crippen molar-refractivity contribution in [3.63, 3.8) is 0 Å². The van der Waals surface area contributed by atoms with Crippen molar-refractivity contribution in [3.8, 4) is 0 Å². The van der Waals surface area contributed by atoms with Gasteiger partial charge in [0.2, 0.25) is 0 Å². The van der Waals surface area contributed by atoms with Gasteiger partial charge in [0.15, 0.2) is 11.6 Å². The zero-order chi connectivity index (χ0) is 15.3. The van der Waals surface area contributed by atoms with E-state index < -0.39 is 0 Å². The van der Waals surface area contributed by atoms with Crippen molar-refractivity contribution >= 4 is 17.2 Å². The minimum Gasteiger partial charge on any atom is -0.367 e. The average Bonchev–Trinajstić information content (AvgIpc) is 2.91. The Kier molecular flexibility index (Phi) is 5.25. The molecule has 0 atom stereocenters. The monoisotopic (exact) mass is 308 g/mol. The predicted octanol–water partition coefficient (Wildman–Crippen LogP) is 3.22. The lowest BCUT2D eigenvalue weighted by atomic mass is 10.1. The highest BCUT2D eigenvalue weighted by molar-refractivity contribution is 7.07. The smallest absolute Gasteiger partial charge is 0.169 e. The number of rotatable bonds is 6. The number of pyridine rings is 1. The van der Waals surface area contributed by atoms with Crippen LogP contribution >= 0.6 is 11.3 Å². The fourth-order valence-corrected chi connectivity index (χ4v) is 2.37. The molecular formula is C15H21FN4S. The van der Waals surface area contributed by atoms with Crippen molar-refractivity contribution in [1.82, 2.24) is 15.3 Å². The normalized spacial score (nSPS) is 11.6. The van der Waals surface area contributed by atoms with E-state index in [1.54, 1.807) is 29.1 Å². The van der Waals surface area contributed by atoms with Crippen LogP contribution in [0.5, 0.6) is 0 Å². The summed E-state index contributed by atoms with van der Waals surface area (Å²) in [4.78, 5) is 8.27. The molecule has 21 heavy (non-hydrogen) atoms. The van der Waals surface area contributed by atoms with Crippen molar-refractivity contribution in [2.24, 2.45) is 0 Å². The third-order valence-electron chi connectivity index (χ3n) is 2.94. The van der Waals surface area contributed by atoms with E-state index in [0.717, 1.165) is 12.1 Å². The molecule has 0 aliphatic heterocycles. The van der Waals surface area contributed by atoms with Gasteiger partial charge in [-0.05, 0) is 26.8 Å². The first kappa shape index (κ1) is 15.9. The molecule has 4 nitrogen and oxygen atoms in total. The number of thiazole rings is 1. The highest BCUT2D eigenvalue weighted by Crippen LogP contribution is 2.16. The largest absolute Gasteiger partial charge is 0.367 e. The third kappa shape index (κ3) is 5.06. The van der Waals surface area contributed by atoms with Crippen LogP contribution in [0.2, 0.25) is 0 Å². The van der Waals surface area contributed by atoms with Crippen LogP contribution in [0.15, 0.2) is 23.2 Å². The van der Waals surface area contributed by atoms with Crippen molar-refractivity contribution in [2.45, 2.75) is 39.3 Å². The maximum atomic E-state index is 14.3. The molecule has 0 saturated carbocycles. The van der Waals surface area contributed by atoms with E-state index in [-0.39, 0.29) is 11.4 Å². The molecule has 2 aromatic rings. The van der Waals surface area contributed by atoms with Crippen LogP contribution in [-0.4, -0.2) is 22.1 Å². The van der Waals surface area contributed by atoms with Gasteiger partial charge >= 0.3 is 0 Å². The Morgan fingerprint density at radius 1 is 1.29 bits per heavy atom. The number of hydrogen-bond donors (Lipinski definition) is 2. The molecule has 114 valence electrons. The van der Waals surface area contributed by atoms with E-state index in [0.29, 0.717) is 24.5 Å². The summed E-state index contributed by atoms with van der Waals surface area (Å²) >= 11 is 1.56. The summed E-state index contributed by atoms with van der Waals surface area (Å²) in [7, 11) is 0. The first-order valence-corrected chi connectivity index (χ1v) is 7.89. The zero-order valence-corrected chi connectivity index (χ0v) is 13.4. The molecule has 0 saturated heterocycles. The SMILES string of the molecule is CC(C)(C)NCc1ccnc(NCCc2cscn2)c1F. The van der Waals surface area contributed by atoms with Crippen molar-refractivity contribution in [2.75, 3.05) is 11.9 Å². The van der Waals surface area contributed by atoms with Crippen LogP contribution < -0.4 is 10.6 Å². The Morgan fingerprint density at radius 3 is 2.76 bits per heavy atom. The fraction of sp³-hybridized carbons (Fsp3) is 0.467. The van der Waals surface area contributed by atoms with Crippen molar-refractivity contribution in [3.05, 3.63) is 40.2 Å². The van der Waals surface area contributed by atoms with Gasteiger partial charge < -0.3 is 10.6 Å². The maximum absolute atomic E-state index is 14.3. The third-order valence-corrected chi connectivity index (χ3v) is 3.57. The van der Waals surface area contributed by atoms with Crippen molar-refractivity contribution < 1.29 is 4.39 Å². The number of nitrogens with one attached hydrogen (secondary N) is 2. The number of nitrogens with zero attached hydrogens (tertiary/aromatic N) is 2. The van der Waals surface area contributed by atoms with E-state index in [4.69, 9.17) is 0 Å². The van der Waals surface area contributed by atoms with Gasteiger partial charge in [-0.3, -0.25) is 0 Å². The van der Waals surface area contributed by atoms with Gasteiger partial charge in [0.25, 0.3) is 0 Å². The van der Waals surface area contributed by atoms with Gasteiger partial charge in [-0.1, -0.05) is 0 Å². The van der Waals surface area contributed by atoms with Gasteiger partial charge in [-0.15, -0.1) is 11.3 Å². The number of halogens is 1. The fourth-order valence-electron chi connectivity index (χ4n) is 1.77. The highest BCUT2D eigenvalue weighted by atomic mass is 32.1. The summed E-state index contributed by atoms with van der Waals surface area (Å²) in [6.07, 6.45) is 2.39. The van der Waals surface area contributed by atoms with E-state index in [9.17, 15) is 4.39 Å². The number of hydrogen-bond acceptors (Lipinski definition) is 5. The molecule has 0 unspecified atom stereocenters. The summed E-state index contributed by atoms with van der Waals surface area (Å²) in [6, 6.07) is 1.71. The lowest BCUT2D eigenvalue weighted by Gasteiger charge is -2.21. The molecule has 0 bridgehead atoms. The van der Waals surface area contributed by atoms with E-state index >= 15 is 0 Å².